The maximum Gasteiger partial charge on any atom is 0.513 e. The number of esters is 2. The van der Waals surface area contributed by atoms with Gasteiger partial charge >= 0.3 is 24.2 Å². The molecule has 1 aromatic carbocycles. The van der Waals surface area contributed by atoms with Crippen molar-refractivity contribution in [3.8, 4) is 11.5 Å². The second-order valence-electron chi connectivity index (χ2n) is 5.75. The molecule has 11 heteroatoms. The average molecular weight is 413 g/mol. The second-order valence-corrected chi connectivity index (χ2v) is 5.75. The first-order valence-corrected chi connectivity index (χ1v) is 8.40. The second kappa shape index (κ2) is 11.5. The van der Waals surface area contributed by atoms with Gasteiger partial charge in [0, 0.05) is 6.92 Å². The molecule has 1 rings (SSSR count). The van der Waals surface area contributed by atoms with E-state index >= 15 is 0 Å². The minimum atomic E-state index is -1.04. The third-order valence-corrected chi connectivity index (χ3v) is 3.31. The average Bonchev–Trinajstić information content (AvgIpc) is 2.67. The number of hydrogen-bond donors (Lipinski definition) is 1. The molecule has 29 heavy (non-hydrogen) atoms. The summed E-state index contributed by atoms with van der Waals surface area (Å²) in [4.78, 5) is 45.6. The monoisotopic (exact) mass is 413 g/mol. The highest BCUT2D eigenvalue weighted by Crippen LogP contribution is 2.29. The largest absolute Gasteiger partial charge is 0.513 e. The highest BCUT2D eigenvalue weighted by molar-refractivity contribution is 5.76. The maximum atomic E-state index is 12.0. The number of rotatable bonds is 8. The normalized spacial score (nSPS) is 12.2. The van der Waals surface area contributed by atoms with Gasteiger partial charge in [0.1, 0.15) is 18.8 Å². The summed E-state index contributed by atoms with van der Waals surface area (Å²) in [5.74, 6) is -1.44. The molecule has 0 spiro atoms. The van der Waals surface area contributed by atoms with Crippen LogP contribution in [0, 0.1) is 0 Å². The van der Waals surface area contributed by atoms with Crippen LogP contribution < -0.4 is 15.2 Å². The predicted octanol–water partition coefficient (Wildman–Crippen LogP) is 1.34. The van der Waals surface area contributed by atoms with Crippen LogP contribution in [0.5, 0.6) is 11.5 Å². The quantitative estimate of drug-likeness (QED) is 0.373. The van der Waals surface area contributed by atoms with Crippen LogP contribution >= 0.6 is 0 Å². The van der Waals surface area contributed by atoms with Crippen molar-refractivity contribution in [2.75, 3.05) is 20.8 Å². The molecule has 0 bridgehead atoms. The maximum absolute atomic E-state index is 12.0. The van der Waals surface area contributed by atoms with E-state index < -0.39 is 36.4 Å². The van der Waals surface area contributed by atoms with E-state index in [0.29, 0.717) is 5.56 Å². The number of carbonyl (C=O) groups is 4. The Morgan fingerprint density at radius 3 is 2.14 bits per heavy atom. The molecule has 0 aromatic heterocycles. The van der Waals surface area contributed by atoms with E-state index in [-0.39, 0.29) is 24.5 Å². The van der Waals surface area contributed by atoms with Crippen molar-refractivity contribution in [1.29, 1.82) is 0 Å². The molecule has 0 amide bonds. The van der Waals surface area contributed by atoms with Crippen LogP contribution in [0.3, 0.4) is 0 Å². The van der Waals surface area contributed by atoms with Crippen LogP contribution in [0.25, 0.3) is 0 Å². The van der Waals surface area contributed by atoms with Gasteiger partial charge in [0.2, 0.25) is 0 Å². The third kappa shape index (κ3) is 8.47. The van der Waals surface area contributed by atoms with Gasteiger partial charge in [-0.25, -0.2) is 9.59 Å². The van der Waals surface area contributed by atoms with Crippen LogP contribution in [-0.2, 0) is 35.0 Å². The molecular formula is C18H23NO10. The summed E-state index contributed by atoms with van der Waals surface area (Å²) in [6.45, 7) is 2.66. The highest BCUT2D eigenvalue weighted by Gasteiger charge is 2.20. The van der Waals surface area contributed by atoms with Gasteiger partial charge in [-0.05, 0) is 31.0 Å². The Morgan fingerprint density at radius 1 is 1.00 bits per heavy atom. The van der Waals surface area contributed by atoms with E-state index in [0.717, 1.165) is 14.2 Å². The van der Waals surface area contributed by atoms with Gasteiger partial charge in [-0.1, -0.05) is 6.07 Å². The molecule has 2 atom stereocenters. The molecule has 0 aliphatic carbocycles. The summed E-state index contributed by atoms with van der Waals surface area (Å²) in [5.41, 5.74) is 6.32. The number of ether oxygens (including phenoxy) is 6. The highest BCUT2D eigenvalue weighted by atomic mass is 16.7. The zero-order valence-electron chi connectivity index (χ0n) is 16.5. The molecule has 2 N–H and O–H groups in total. The number of methoxy groups -OCH3 is 2. The number of benzene rings is 1. The summed E-state index contributed by atoms with van der Waals surface area (Å²) < 4.78 is 28.5. The zero-order valence-corrected chi connectivity index (χ0v) is 16.5. The molecule has 0 saturated heterocycles. The Labute approximate surface area is 166 Å². The lowest BCUT2D eigenvalue weighted by atomic mass is 10.1. The molecule has 0 radical (unpaired) electrons. The fourth-order valence-electron chi connectivity index (χ4n) is 2.07. The van der Waals surface area contributed by atoms with Crippen molar-refractivity contribution >= 4 is 24.2 Å². The fourth-order valence-corrected chi connectivity index (χ4v) is 2.07. The van der Waals surface area contributed by atoms with E-state index in [4.69, 9.17) is 24.7 Å². The lowest BCUT2D eigenvalue weighted by Crippen LogP contribution is -2.36. The Balaban J connectivity index is 2.82. The minimum Gasteiger partial charge on any atom is -0.461 e. The summed E-state index contributed by atoms with van der Waals surface area (Å²) in [6, 6.07) is 3.16. The van der Waals surface area contributed by atoms with Gasteiger partial charge in [0.15, 0.2) is 11.5 Å². The first kappa shape index (κ1) is 23.7. The molecule has 0 fully saturated rings. The van der Waals surface area contributed by atoms with Crippen LogP contribution in [-0.4, -0.2) is 57.2 Å². The molecular weight excluding hydrogens is 390 g/mol. The zero-order chi connectivity index (χ0) is 22.0. The van der Waals surface area contributed by atoms with Crippen molar-refractivity contribution < 1.29 is 47.6 Å². The summed E-state index contributed by atoms with van der Waals surface area (Å²) in [7, 11) is 2.22. The van der Waals surface area contributed by atoms with Crippen LogP contribution in [0.4, 0.5) is 9.59 Å². The fraction of sp³-hybridized carbons (Fsp3) is 0.444. The van der Waals surface area contributed by atoms with Crippen LogP contribution in [0.15, 0.2) is 18.2 Å². The SMILES string of the molecule is COC(=O)Oc1ccc(C[C@H](N)C(=O)OC[C@H](C)OC(C)=O)cc1OC(=O)OC. The third-order valence-electron chi connectivity index (χ3n) is 3.31. The summed E-state index contributed by atoms with van der Waals surface area (Å²) >= 11 is 0. The van der Waals surface area contributed by atoms with Crippen molar-refractivity contribution in [2.45, 2.75) is 32.4 Å². The molecule has 0 aliphatic rings. The first-order valence-electron chi connectivity index (χ1n) is 8.40. The molecule has 0 saturated carbocycles. The smallest absolute Gasteiger partial charge is 0.461 e. The number of hydrogen-bond acceptors (Lipinski definition) is 11. The predicted molar refractivity (Wildman–Crippen MR) is 96.4 cm³/mol. The molecule has 0 unspecified atom stereocenters. The molecule has 0 heterocycles. The molecule has 1 aromatic rings. The van der Waals surface area contributed by atoms with Gasteiger partial charge in [0.25, 0.3) is 0 Å². The van der Waals surface area contributed by atoms with Gasteiger partial charge in [-0.15, -0.1) is 0 Å². The van der Waals surface area contributed by atoms with E-state index in [9.17, 15) is 19.2 Å². The van der Waals surface area contributed by atoms with Gasteiger partial charge < -0.3 is 34.2 Å². The van der Waals surface area contributed by atoms with E-state index in [2.05, 4.69) is 9.47 Å². The van der Waals surface area contributed by atoms with Crippen LogP contribution in [0.2, 0.25) is 0 Å². The lowest BCUT2D eigenvalue weighted by molar-refractivity contribution is -0.157. The summed E-state index contributed by atoms with van der Waals surface area (Å²) in [5, 5.41) is 0. The van der Waals surface area contributed by atoms with Crippen LogP contribution in [0.1, 0.15) is 19.4 Å². The van der Waals surface area contributed by atoms with Crippen molar-refractivity contribution in [3.63, 3.8) is 0 Å². The lowest BCUT2D eigenvalue weighted by Gasteiger charge is -2.16. The Bertz CT molecular complexity index is 748. The Hall–Kier alpha value is -3.34. The molecule has 0 aliphatic heterocycles. The number of carbonyl (C=O) groups excluding carboxylic acids is 4. The number of nitrogens with two attached hydrogens (primary N) is 1. The van der Waals surface area contributed by atoms with E-state index in [1.165, 1.54) is 25.1 Å². The Morgan fingerprint density at radius 2 is 1.59 bits per heavy atom. The van der Waals surface area contributed by atoms with E-state index in [1.54, 1.807) is 6.92 Å². The summed E-state index contributed by atoms with van der Waals surface area (Å²) in [6.07, 6.45) is -2.65. The topological polar surface area (TPSA) is 150 Å². The van der Waals surface area contributed by atoms with Gasteiger partial charge in [-0.3, -0.25) is 9.59 Å². The van der Waals surface area contributed by atoms with Gasteiger partial charge in [0.05, 0.1) is 14.2 Å². The van der Waals surface area contributed by atoms with Crippen molar-refractivity contribution in [2.24, 2.45) is 5.73 Å². The Kier molecular flexibility index (Phi) is 9.39. The molecule has 11 nitrogen and oxygen atoms in total. The minimum absolute atomic E-state index is 0.0246. The standard InChI is InChI=1S/C18H23NO10/c1-10(27-11(2)20)9-26-16(21)13(19)7-12-5-6-14(28-17(22)24-3)15(8-12)29-18(23)25-4/h5-6,8,10,13H,7,9,19H2,1-4H3/t10-,13-/m0/s1. The van der Waals surface area contributed by atoms with E-state index in [1.807, 2.05) is 0 Å². The first-order chi connectivity index (χ1) is 13.7. The van der Waals surface area contributed by atoms with Crippen molar-refractivity contribution in [1.82, 2.24) is 0 Å². The van der Waals surface area contributed by atoms with Crippen molar-refractivity contribution in [3.05, 3.63) is 23.8 Å². The van der Waals surface area contributed by atoms with Gasteiger partial charge in [-0.2, -0.15) is 0 Å². The molecule has 160 valence electrons.